The lowest BCUT2D eigenvalue weighted by molar-refractivity contribution is 0.0716. The zero-order valence-corrected chi connectivity index (χ0v) is 20.1. The molecule has 3 aromatic rings. The highest BCUT2D eigenvalue weighted by Crippen LogP contribution is 2.41. The summed E-state index contributed by atoms with van der Waals surface area (Å²) in [6, 6.07) is 8.60. The van der Waals surface area contributed by atoms with Crippen LogP contribution >= 0.6 is 0 Å². The first kappa shape index (κ1) is 23.8. The number of carbonyl (C=O) groups is 1. The van der Waals surface area contributed by atoms with Crippen molar-refractivity contribution >= 4 is 16.9 Å². The van der Waals surface area contributed by atoms with Gasteiger partial charge in [0.25, 0.3) is 5.91 Å². The molecule has 34 heavy (non-hydrogen) atoms. The second-order valence-corrected chi connectivity index (χ2v) is 8.60. The number of aliphatic hydroxyl groups is 1. The van der Waals surface area contributed by atoms with Crippen LogP contribution in [0.3, 0.4) is 0 Å². The molecule has 1 unspecified atom stereocenters. The SMILES string of the molecule is CCCOc1ccc(C2c3c(oc4c(C)cc(C)cc4c3=O)C(=O)N2CCCO)cc1OCC. The Kier molecular flexibility index (Phi) is 6.93. The molecule has 2 heterocycles. The number of hydrogen-bond acceptors (Lipinski definition) is 6. The largest absolute Gasteiger partial charge is 0.490 e. The van der Waals surface area contributed by atoms with Crippen LogP contribution in [0.5, 0.6) is 11.5 Å². The fourth-order valence-electron chi connectivity index (χ4n) is 4.59. The summed E-state index contributed by atoms with van der Waals surface area (Å²) in [5.74, 6) is 0.900. The van der Waals surface area contributed by atoms with Crippen LogP contribution < -0.4 is 14.9 Å². The Labute approximate surface area is 198 Å². The molecule has 0 fully saturated rings. The average Bonchev–Trinajstić information content (AvgIpc) is 3.09. The highest BCUT2D eigenvalue weighted by molar-refractivity contribution is 5.99. The van der Waals surface area contributed by atoms with Gasteiger partial charge >= 0.3 is 0 Å². The number of amides is 1. The van der Waals surface area contributed by atoms with E-state index >= 15 is 0 Å². The number of aliphatic hydroxyl groups excluding tert-OH is 1. The van der Waals surface area contributed by atoms with Crippen LogP contribution in [-0.2, 0) is 0 Å². The van der Waals surface area contributed by atoms with E-state index in [1.54, 1.807) is 11.0 Å². The van der Waals surface area contributed by atoms with E-state index in [2.05, 4.69) is 0 Å². The summed E-state index contributed by atoms with van der Waals surface area (Å²) < 4.78 is 17.7. The van der Waals surface area contributed by atoms with Crippen molar-refractivity contribution in [1.82, 2.24) is 4.90 Å². The Bertz CT molecular complexity index is 1280. The molecule has 2 aromatic carbocycles. The molecule has 0 bridgehead atoms. The Balaban J connectivity index is 1.92. The van der Waals surface area contributed by atoms with Gasteiger partial charge in [0.1, 0.15) is 5.58 Å². The monoisotopic (exact) mass is 465 g/mol. The van der Waals surface area contributed by atoms with E-state index in [-0.39, 0.29) is 30.2 Å². The maximum absolute atomic E-state index is 13.7. The predicted octanol–water partition coefficient (Wildman–Crippen LogP) is 4.52. The van der Waals surface area contributed by atoms with Crippen molar-refractivity contribution in [3.8, 4) is 11.5 Å². The van der Waals surface area contributed by atoms with Crippen molar-refractivity contribution in [2.75, 3.05) is 26.4 Å². The van der Waals surface area contributed by atoms with Crippen molar-refractivity contribution in [3.05, 3.63) is 68.6 Å². The summed E-state index contributed by atoms with van der Waals surface area (Å²) in [5.41, 5.74) is 3.04. The number of rotatable bonds is 9. The van der Waals surface area contributed by atoms with Gasteiger partial charge in [-0.1, -0.05) is 19.1 Å². The third kappa shape index (κ3) is 4.16. The highest BCUT2D eigenvalue weighted by Gasteiger charge is 2.42. The molecule has 7 nitrogen and oxygen atoms in total. The molecular weight excluding hydrogens is 434 g/mol. The average molecular weight is 466 g/mol. The highest BCUT2D eigenvalue weighted by atomic mass is 16.5. The van der Waals surface area contributed by atoms with Gasteiger partial charge in [0.05, 0.1) is 30.2 Å². The minimum Gasteiger partial charge on any atom is -0.490 e. The lowest BCUT2D eigenvalue weighted by Crippen LogP contribution is -2.31. The smallest absolute Gasteiger partial charge is 0.290 e. The second-order valence-electron chi connectivity index (χ2n) is 8.60. The van der Waals surface area contributed by atoms with Gasteiger partial charge in [-0.3, -0.25) is 9.59 Å². The molecule has 7 heteroatoms. The number of ether oxygens (including phenoxy) is 2. The molecule has 0 spiro atoms. The summed E-state index contributed by atoms with van der Waals surface area (Å²) in [4.78, 5) is 28.8. The Morgan fingerprint density at radius 2 is 1.85 bits per heavy atom. The number of benzene rings is 2. The van der Waals surface area contributed by atoms with Gasteiger partial charge in [0.2, 0.25) is 5.76 Å². The van der Waals surface area contributed by atoms with Crippen molar-refractivity contribution < 1.29 is 23.8 Å². The number of fused-ring (bicyclic) bond motifs is 2. The van der Waals surface area contributed by atoms with Crippen LogP contribution in [0.2, 0.25) is 0 Å². The third-order valence-electron chi connectivity index (χ3n) is 6.00. The molecule has 1 amide bonds. The van der Waals surface area contributed by atoms with E-state index in [9.17, 15) is 14.7 Å². The van der Waals surface area contributed by atoms with Gasteiger partial charge in [-0.25, -0.2) is 0 Å². The molecule has 4 rings (SSSR count). The number of carbonyl (C=O) groups excluding carboxylic acids is 1. The minimum atomic E-state index is -0.644. The van der Waals surface area contributed by atoms with Crippen LogP contribution in [0, 0.1) is 13.8 Å². The van der Waals surface area contributed by atoms with Crippen LogP contribution in [0.1, 0.15) is 65.5 Å². The van der Waals surface area contributed by atoms with Crippen LogP contribution in [-0.4, -0.2) is 42.3 Å². The lowest BCUT2D eigenvalue weighted by atomic mass is 9.97. The predicted molar refractivity (Wildman–Crippen MR) is 130 cm³/mol. The second kappa shape index (κ2) is 9.89. The summed E-state index contributed by atoms with van der Waals surface area (Å²) in [6.07, 6.45) is 1.25. The summed E-state index contributed by atoms with van der Waals surface area (Å²) in [5, 5.41) is 9.90. The topological polar surface area (TPSA) is 89.2 Å². The number of hydrogen-bond donors (Lipinski definition) is 1. The summed E-state index contributed by atoms with van der Waals surface area (Å²) in [6.45, 7) is 8.95. The normalized spacial score (nSPS) is 15.1. The Hall–Kier alpha value is -3.32. The maximum atomic E-state index is 13.7. The van der Waals surface area contributed by atoms with Gasteiger partial charge in [-0.15, -0.1) is 0 Å². The van der Waals surface area contributed by atoms with Gasteiger partial charge in [0.15, 0.2) is 16.9 Å². The Morgan fingerprint density at radius 3 is 2.56 bits per heavy atom. The van der Waals surface area contributed by atoms with E-state index in [4.69, 9.17) is 13.9 Å². The van der Waals surface area contributed by atoms with E-state index in [1.165, 1.54) is 0 Å². The van der Waals surface area contributed by atoms with Gasteiger partial charge in [0, 0.05) is 13.2 Å². The van der Waals surface area contributed by atoms with E-state index in [0.717, 1.165) is 23.1 Å². The molecule has 0 aliphatic carbocycles. The quantitative estimate of drug-likeness (QED) is 0.500. The zero-order chi connectivity index (χ0) is 24.4. The summed E-state index contributed by atoms with van der Waals surface area (Å²) in [7, 11) is 0. The van der Waals surface area contributed by atoms with Crippen LogP contribution in [0.25, 0.3) is 11.0 Å². The van der Waals surface area contributed by atoms with Crippen molar-refractivity contribution in [2.24, 2.45) is 0 Å². The van der Waals surface area contributed by atoms with Gasteiger partial charge < -0.3 is 23.9 Å². The molecular formula is C27H31NO6. The molecule has 1 N–H and O–H groups in total. The first-order chi connectivity index (χ1) is 16.4. The molecule has 1 aliphatic rings. The lowest BCUT2D eigenvalue weighted by Gasteiger charge is -2.25. The molecule has 0 radical (unpaired) electrons. The number of nitrogens with zero attached hydrogens (tertiary/aromatic N) is 1. The summed E-state index contributed by atoms with van der Waals surface area (Å²) >= 11 is 0. The molecule has 1 aromatic heterocycles. The molecule has 0 saturated heterocycles. The minimum absolute atomic E-state index is 0.0664. The fourth-order valence-corrected chi connectivity index (χ4v) is 4.59. The fraction of sp³-hybridized carbons (Fsp3) is 0.407. The zero-order valence-electron chi connectivity index (χ0n) is 20.1. The molecule has 1 aliphatic heterocycles. The molecule has 1 atom stereocenters. The molecule has 0 saturated carbocycles. The first-order valence-corrected chi connectivity index (χ1v) is 11.8. The standard InChI is InChI=1S/C27H31NO6/c1-5-12-33-20-9-8-18(15-21(20)32-6-2)23-22-24(30)19-14-16(3)13-17(4)25(19)34-26(22)27(31)28(23)10-7-11-29/h8-9,13-15,23,29H,5-7,10-12H2,1-4H3. The molecule has 180 valence electrons. The van der Waals surface area contributed by atoms with Gasteiger partial charge in [-0.2, -0.15) is 0 Å². The van der Waals surface area contributed by atoms with E-state index < -0.39 is 6.04 Å². The third-order valence-corrected chi connectivity index (χ3v) is 6.00. The van der Waals surface area contributed by atoms with E-state index in [0.29, 0.717) is 47.7 Å². The number of aryl methyl sites for hydroxylation is 2. The van der Waals surface area contributed by atoms with E-state index in [1.807, 2.05) is 52.0 Å². The van der Waals surface area contributed by atoms with Gasteiger partial charge in [-0.05, 0) is 68.5 Å². The van der Waals surface area contributed by atoms with Crippen molar-refractivity contribution in [1.29, 1.82) is 0 Å². The Morgan fingerprint density at radius 1 is 1.06 bits per heavy atom. The van der Waals surface area contributed by atoms with Crippen molar-refractivity contribution in [3.63, 3.8) is 0 Å². The maximum Gasteiger partial charge on any atom is 0.290 e. The van der Waals surface area contributed by atoms with Crippen molar-refractivity contribution in [2.45, 2.75) is 46.6 Å². The van der Waals surface area contributed by atoms with Crippen LogP contribution in [0.15, 0.2) is 39.5 Å². The first-order valence-electron chi connectivity index (χ1n) is 11.8. The van der Waals surface area contributed by atoms with Crippen LogP contribution in [0.4, 0.5) is 0 Å².